The molecular formula is C17H21N5O. The Morgan fingerprint density at radius 2 is 2.22 bits per heavy atom. The van der Waals surface area contributed by atoms with Crippen LogP contribution in [0.1, 0.15) is 29.9 Å². The summed E-state index contributed by atoms with van der Waals surface area (Å²) in [6.07, 6.45) is 6.14. The van der Waals surface area contributed by atoms with Crippen molar-refractivity contribution < 1.29 is 4.79 Å². The van der Waals surface area contributed by atoms with Gasteiger partial charge in [-0.1, -0.05) is 13.8 Å². The van der Waals surface area contributed by atoms with Crippen molar-refractivity contribution in [3.8, 4) is 0 Å². The van der Waals surface area contributed by atoms with E-state index in [0.29, 0.717) is 18.2 Å². The highest BCUT2D eigenvalue weighted by Crippen LogP contribution is 2.15. The molecular weight excluding hydrogens is 290 g/mol. The van der Waals surface area contributed by atoms with Crippen molar-refractivity contribution in [1.29, 1.82) is 0 Å². The van der Waals surface area contributed by atoms with Gasteiger partial charge in [0.05, 0.1) is 0 Å². The Hall–Kier alpha value is -2.63. The lowest BCUT2D eigenvalue weighted by molar-refractivity contribution is 0.0942. The summed E-state index contributed by atoms with van der Waals surface area (Å²) in [4.78, 5) is 19.7. The lowest BCUT2D eigenvalue weighted by Gasteiger charge is -2.10. The molecule has 0 atom stereocenters. The predicted octanol–water partition coefficient (Wildman–Crippen LogP) is 2.39. The number of hydrogen-bond donors (Lipinski definition) is 2. The number of hydrogen-bond acceptors (Lipinski definition) is 3. The molecule has 0 saturated carbocycles. The number of carbonyl (C=O) groups is 1. The van der Waals surface area contributed by atoms with E-state index in [9.17, 15) is 4.79 Å². The van der Waals surface area contributed by atoms with Crippen molar-refractivity contribution in [1.82, 2.24) is 25.1 Å². The van der Waals surface area contributed by atoms with Gasteiger partial charge in [-0.2, -0.15) is 5.10 Å². The maximum absolute atomic E-state index is 12.3. The van der Waals surface area contributed by atoms with Gasteiger partial charge in [0, 0.05) is 37.1 Å². The van der Waals surface area contributed by atoms with E-state index in [2.05, 4.69) is 34.2 Å². The number of aromatic amines is 1. The van der Waals surface area contributed by atoms with Gasteiger partial charge >= 0.3 is 0 Å². The average Bonchev–Trinajstić information content (AvgIpc) is 3.14. The van der Waals surface area contributed by atoms with Crippen molar-refractivity contribution >= 4 is 16.9 Å². The molecule has 0 aromatic carbocycles. The van der Waals surface area contributed by atoms with Gasteiger partial charge in [0.25, 0.3) is 5.91 Å². The summed E-state index contributed by atoms with van der Waals surface area (Å²) in [5.41, 5.74) is 2.65. The summed E-state index contributed by atoms with van der Waals surface area (Å²) in [6, 6.07) is 5.71. The third-order valence-corrected chi connectivity index (χ3v) is 3.70. The van der Waals surface area contributed by atoms with Crippen LogP contribution in [-0.4, -0.2) is 32.2 Å². The Morgan fingerprint density at radius 3 is 3.04 bits per heavy atom. The van der Waals surface area contributed by atoms with Gasteiger partial charge in [-0.05, 0) is 36.1 Å². The fraction of sp³-hybridized carbons (Fsp3) is 0.353. The number of aromatic nitrogens is 4. The molecule has 120 valence electrons. The number of rotatable bonds is 6. The molecule has 23 heavy (non-hydrogen) atoms. The summed E-state index contributed by atoms with van der Waals surface area (Å²) >= 11 is 0. The first kappa shape index (κ1) is 15.3. The van der Waals surface area contributed by atoms with Gasteiger partial charge in [-0.3, -0.25) is 9.48 Å². The summed E-state index contributed by atoms with van der Waals surface area (Å²) < 4.78 is 1.76. The van der Waals surface area contributed by atoms with Crippen molar-refractivity contribution in [2.75, 3.05) is 6.54 Å². The van der Waals surface area contributed by atoms with E-state index >= 15 is 0 Å². The molecule has 6 nitrogen and oxygen atoms in total. The molecule has 3 aromatic heterocycles. The SMILES string of the molecule is CC(C)Cn1nccc1C(=O)NCCc1c[nH]c2ncccc12. The van der Waals surface area contributed by atoms with Crippen LogP contribution < -0.4 is 5.32 Å². The van der Waals surface area contributed by atoms with Gasteiger partial charge < -0.3 is 10.3 Å². The number of nitrogens with zero attached hydrogens (tertiary/aromatic N) is 3. The highest BCUT2D eigenvalue weighted by atomic mass is 16.2. The molecule has 6 heteroatoms. The zero-order valence-corrected chi connectivity index (χ0v) is 13.4. The predicted molar refractivity (Wildman–Crippen MR) is 89.2 cm³/mol. The molecule has 0 bridgehead atoms. The summed E-state index contributed by atoms with van der Waals surface area (Å²) in [5.74, 6) is 0.362. The van der Waals surface area contributed by atoms with E-state index < -0.39 is 0 Å². The van der Waals surface area contributed by atoms with E-state index in [1.165, 1.54) is 0 Å². The second kappa shape index (κ2) is 6.64. The second-order valence-electron chi connectivity index (χ2n) is 6.01. The first-order valence-corrected chi connectivity index (χ1v) is 7.86. The van der Waals surface area contributed by atoms with E-state index in [1.54, 1.807) is 23.1 Å². The molecule has 3 aromatic rings. The van der Waals surface area contributed by atoms with Crippen LogP contribution in [0.25, 0.3) is 11.0 Å². The summed E-state index contributed by atoms with van der Waals surface area (Å²) in [7, 11) is 0. The smallest absolute Gasteiger partial charge is 0.269 e. The highest BCUT2D eigenvalue weighted by molar-refractivity contribution is 5.92. The van der Waals surface area contributed by atoms with Crippen molar-refractivity contribution in [3.05, 3.63) is 48.0 Å². The molecule has 0 fully saturated rings. The Morgan fingerprint density at radius 1 is 1.35 bits per heavy atom. The lowest BCUT2D eigenvalue weighted by Crippen LogP contribution is -2.28. The number of amides is 1. The standard InChI is InChI=1S/C17H21N5O/c1-12(2)11-22-15(6-9-21-22)17(23)19-8-5-13-10-20-16-14(13)4-3-7-18-16/h3-4,6-7,9-10,12H,5,8,11H2,1-2H3,(H,18,20)(H,19,23). The topological polar surface area (TPSA) is 75.6 Å². The Labute approximate surface area is 134 Å². The fourth-order valence-electron chi connectivity index (χ4n) is 2.64. The molecule has 0 spiro atoms. The molecule has 0 aliphatic heterocycles. The van der Waals surface area contributed by atoms with Gasteiger partial charge in [0.15, 0.2) is 0 Å². The highest BCUT2D eigenvalue weighted by Gasteiger charge is 2.12. The normalized spacial score (nSPS) is 11.3. The van der Waals surface area contributed by atoms with Gasteiger partial charge in [-0.25, -0.2) is 4.98 Å². The first-order valence-electron chi connectivity index (χ1n) is 7.86. The van der Waals surface area contributed by atoms with Crippen molar-refractivity contribution in [3.63, 3.8) is 0 Å². The molecule has 2 N–H and O–H groups in total. The van der Waals surface area contributed by atoms with Crippen LogP contribution in [0.15, 0.2) is 36.8 Å². The molecule has 3 heterocycles. The minimum absolute atomic E-state index is 0.0823. The third kappa shape index (κ3) is 3.41. The Balaban J connectivity index is 1.60. The van der Waals surface area contributed by atoms with E-state index in [1.807, 2.05) is 18.3 Å². The quantitative estimate of drug-likeness (QED) is 0.734. The molecule has 0 saturated heterocycles. The molecule has 1 amide bonds. The molecule has 0 aliphatic carbocycles. The van der Waals surface area contributed by atoms with Gasteiger partial charge in [0.2, 0.25) is 0 Å². The van der Waals surface area contributed by atoms with Gasteiger partial charge in [0.1, 0.15) is 11.3 Å². The maximum atomic E-state index is 12.3. The molecule has 0 unspecified atom stereocenters. The zero-order chi connectivity index (χ0) is 16.2. The third-order valence-electron chi connectivity index (χ3n) is 3.70. The minimum Gasteiger partial charge on any atom is -0.350 e. The van der Waals surface area contributed by atoms with Crippen LogP contribution in [-0.2, 0) is 13.0 Å². The lowest BCUT2D eigenvalue weighted by atomic mass is 10.1. The van der Waals surface area contributed by atoms with Crippen molar-refractivity contribution in [2.24, 2.45) is 5.92 Å². The van der Waals surface area contributed by atoms with Gasteiger partial charge in [-0.15, -0.1) is 0 Å². The first-order chi connectivity index (χ1) is 11.1. The van der Waals surface area contributed by atoms with E-state index in [0.717, 1.165) is 29.6 Å². The number of fused-ring (bicyclic) bond motifs is 1. The minimum atomic E-state index is -0.0823. The summed E-state index contributed by atoms with van der Waals surface area (Å²) in [6.45, 7) is 5.53. The largest absolute Gasteiger partial charge is 0.350 e. The fourth-order valence-corrected chi connectivity index (χ4v) is 2.64. The zero-order valence-electron chi connectivity index (χ0n) is 13.4. The van der Waals surface area contributed by atoms with Crippen LogP contribution in [0.2, 0.25) is 0 Å². The van der Waals surface area contributed by atoms with E-state index in [4.69, 9.17) is 0 Å². The van der Waals surface area contributed by atoms with Crippen LogP contribution in [0.5, 0.6) is 0 Å². The van der Waals surface area contributed by atoms with Crippen molar-refractivity contribution in [2.45, 2.75) is 26.8 Å². The van der Waals surface area contributed by atoms with Crippen LogP contribution >= 0.6 is 0 Å². The Kier molecular flexibility index (Phi) is 4.41. The maximum Gasteiger partial charge on any atom is 0.269 e. The second-order valence-corrected chi connectivity index (χ2v) is 6.01. The monoisotopic (exact) mass is 311 g/mol. The van der Waals surface area contributed by atoms with Crippen LogP contribution in [0, 0.1) is 5.92 Å². The summed E-state index contributed by atoms with van der Waals surface area (Å²) in [5, 5.41) is 8.29. The Bertz CT molecular complexity index is 802. The number of carbonyl (C=O) groups excluding carboxylic acids is 1. The number of H-pyrrole nitrogens is 1. The molecule has 3 rings (SSSR count). The molecule has 0 aliphatic rings. The van der Waals surface area contributed by atoms with E-state index in [-0.39, 0.29) is 5.91 Å². The van der Waals surface area contributed by atoms with Crippen LogP contribution in [0.3, 0.4) is 0 Å². The number of pyridine rings is 1. The molecule has 0 radical (unpaired) electrons. The van der Waals surface area contributed by atoms with Crippen LogP contribution in [0.4, 0.5) is 0 Å². The average molecular weight is 311 g/mol. The number of nitrogens with one attached hydrogen (secondary N) is 2.